The number of nitrogens with zero attached hydrogens (tertiary/aromatic N) is 2. The topological polar surface area (TPSA) is 173 Å². The molecule has 0 bridgehead atoms. The van der Waals surface area contributed by atoms with Gasteiger partial charge in [-0.25, -0.2) is 4.79 Å². The van der Waals surface area contributed by atoms with Crippen LogP contribution in [0, 0.1) is 0 Å². The van der Waals surface area contributed by atoms with Gasteiger partial charge in [-0.2, -0.15) is 4.98 Å². The number of aromatic carboxylic acids is 1. The Morgan fingerprint density at radius 1 is 1.22 bits per heavy atom. The van der Waals surface area contributed by atoms with E-state index in [0.29, 0.717) is 0 Å². The first-order valence-corrected chi connectivity index (χ1v) is 4.34. The predicted molar refractivity (Wildman–Crippen MR) is 55.4 cm³/mol. The van der Waals surface area contributed by atoms with Gasteiger partial charge in [0, 0.05) is 0 Å². The number of carboxylic acid groups (broad SMARTS) is 2. The maximum absolute atomic E-state index is 11.6. The Morgan fingerprint density at radius 2 is 1.78 bits per heavy atom. The van der Waals surface area contributed by atoms with Crippen molar-refractivity contribution in [2.24, 2.45) is 0 Å². The van der Waals surface area contributed by atoms with E-state index < -0.39 is 46.9 Å². The molecule has 5 N–H and O–H groups in total. The fourth-order valence-corrected chi connectivity index (χ4v) is 1.09. The molecular weight excluding hydrogens is 250 g/mol. The second-order valence-electron chi connectivity index (χ2n) is 3.09. The molecule has 0 radical (unpaired) electrons. The fraction of sp³-hybridized carbons (Fsp3) is 0.125. The smallest absolute Gasteiger partial charge is 0.360 e. The molecule has 1 aromatic heterocycles. The molecule has 1 rings (SSSR count). The van der Waals surface area contributed by atoms with Crippen molar-refractivity contribution in [2.75, 3.05) is 5.73 Å². The Balaban J connectivity index is 3.87. The van der Waals surface area contributed by atoms with Gasteiger partial charge in [0.25, 0.3) is 11.1 Å². The van der Waals surface area contributed by atoms with E-state index in [0.717, 1.165) is 0 Å². The van der Waals surface area contributed by atoms with Crippen LogP contribution in [0.2, 0.25) is 0 Å². The lowest BCUT2D eigenvalue weighted by atomic mass is 10.4. The number of carbonyl (C=O) groups is 2. The van der Waals surface area contributed by atoms with E-state index in [9.17, 15) is 24.3 Å². The highest BCUT2D eigenvalue weighted by Crippen LogP contribution is 2.08. The monoisotopic (exact) mass is 257 g/mol. The average Bonchev–Trinajstić information content (AvgIpc) is 2.34. The summed E-state index contributed by atoms with van der Waals surface area (Å²) in [4.78, 5) is 47.2. The molecule has 1 heterocycles. The fourth-order valence-electron chi connectivity index (χ4n) is 1.09. The molecule has 0 aliphatic carbocycles. The summed E-state index contributed by atoms with van der Waals surface area (Å²) < 4.78 is 0.0633. The van der Waals surface area contributed by atoms with Crippen LogP contribution in [0.25, 0.3) is 0 Å². The molecule has 0 saturated carbocycles. The van der Waals surface area contributed by atoms with E-state index in [1.807, 2.05) is 0 Å². The van der Waals surface area contributed by atoms with E-state index in [1.165, 1.54) is 0 Å². The zero-order chi connectivity index (χ0) is 14.0. The molecule has 0 aliphatic rings. The van der Waals surface area contributed by atoms with Crippen LogP contribution in [-0.4, -0.2) is 36.8 Å². The van der Waals surface area contributed by atoms with E-state index in [-0.39, 0.29) is 4.57 Å². The second-order valence-corrected chi connectivity index (χ2v) is 3.09. The van der Waals surface area contributed by atoms with Gasteiger partial charge in [0.05, 0.1) is 0 Å². The van der Waals surface area contributed by atoms with Crippen molar-refractivity contribution in [3.8, 4) is 5.88 Å². The SMILES string of the molecule is Nc1c(O)nc(C(=O)O)c(=O)n(CC(=O)O)c1=O. The van der Waals surface area contributed by atoms with Crippen molar-refractivity contribution in [3.05, 3.63) is 26.4 Å². The number of hydrogen-bond donors (Lipinski definition) is 4. The van der Waals surface area contributed by atoms with Crippen molar-refractivity contribution < 1.29 is 24.9 Å². The van der Waals surface area contributed by atoms with Crippen LogP contribution in [0.1, 0.15) is 10.5 Å². The molecule has 10 heteroatoms. The van der Waals surface area contributed by atoms with Gasteiger partial charge in [-0.3, -0.25) is 19.0 Å². The molecule has 96 valence electrons. The van der Waals surface area contributed by atoms with Gasteiger partial charge in [0.15, 0.2) is 5.69 Å². The van der Waals surface area contributed by atoms with Crippen molar-refractivity contribution in [1.29, 1.82) is 0 Å². The van der Waals surface area contributed by atoms with Gasteiger partial charge in [-0.05, 0) is 0 Å². The number of carboxylic acids is 2. The van der Waals surface area contributed by atoms with Gasteiger partial charge in [-0.15, -0.1) is 0 Å². The minimum atomic E-state index is -1.83. The third-order valence-electron chi connectivity index (χ3n) is 1.88. The molecule has 18 heavy (non-hydrogen) atoms. The molecule has 0 spiro atoms. The minimum Gasteiger partial charge on any atom is -0.492 e. The number of nitrogens with two attached hydrogens (primary N) is 1. The first-order chi connectivity index (χ1) is 8.25. The number of rotatable bonds is 3. The summed E-state index contributed by atoms with van der Waals surface area (Å²) in [5.41, 5.74) is 0.180. The van der Waals surface area contributed by atoms with Gasteiger partial charge in [0.1, 0.15) is 6.54 Å². The zero-order valence-corrected chi connectivity index (χ0v) is 8.65. The van der Waals surface area contributed by atoms with E-state index in [4.69, 9.17) is 15.9 Å². The molecule has 0 saturated heterocycles. The first-order valence-electron chi connectivity index (χ1n) is 4.34. The zero-order valence-electron chi connectivity index (χ0n) is 8.65. The molecule has 10 nitrogen and oxygen atoms in total. The Hall–Kier alpha value is -2.91. The van der Waals surface area contributed by atoms with Crippen LogP contribution in [-0.2, 0) is 11.3 Å². The minimum absolute atomic E-state index is 0.0633. The van der Waals surface area contributed by atoms with Crippen molar-refractivity contribution in [1.82, 2.24) is 9.55 Å². The maximum atomic E-state index is 11.6. The second kappa shape index (κ2) is 4.53. The molecule has 0 aliphatic heterocycles. The summed E-state index contributed by atoms with van der Waals surface area (Å²) in [5.74, 6) is -4.54. The highest BCUT2D eigenvalue weighted by Gasteiger charge is 2.19. The standard InChI is InChI=1S/C8H7N3O7/c9-3-5(14)10-4(8(17)18)7(16)11(6(3)15)1-2(12)13/h14H,1,9H2,(H,12,13)(H,17,18). The number of hydrogen-bond acceptors (Lipinski definition) is 7. The molecular formula is C8H7N3O7. The average molecular weight is 257 g/mol. The summed E-state index contributed by atoms with van der Waals surface area (Å²) >= 11 is 0. The van der Waals surface area contributed by atoms with Crippen molar-refractivity contribution in [2.45, 2.75) is 6.54 Å². The summed E-state index contributed by atoms with van der Waals surface area (Å²) in [7, 11) is 0. The molecule has 0 atom stereocenters. The third-order valence-corrected chi connectivity index (χ3v) is 1.88. The maximum Gasteiger partial charge on any atom is 0.360 e. The van der Waals surface area contributed by atoms with Crippen LogP contribution < -0.4 is 16.9 Å². The normalized spacial score (nSPS) is 10.0. The van der Waals surface area contributed by atoms with Crippen LogP contribution >= 0.6 is 0 Å². The Morgan fingerprint density at radius 3 is 2.22 bits per heavy atom. The van der Waals surface area contributed by atoms with Crippen LogP contribution in [0.15, 0.2) is 9.59 Å². The van der Waals surface area contributed by atoms with Crippen molar-refractivity contribution >= 4 is 17.6 Å². The van der Waals surface area contributed by atoms with E-state index in [1.54, 1.807) is 0 Å². The molecule has 0 unspecified atom stereocenters. The van der Waals surface area contributed by atoms with Crippen molar-refractivity contribution in [3.63, 3.8) is 0 Å². The Bertz CT molecular complexity index is 648. The summed E-state index contributed by atoms with van der Waals surface area (Å²) in [6, 6.07) is 0. The van der Waals surface area contributed by atoms with Gasteiger partial charge in [-0.1, -0.05) is 0 Å². The lowest BCUT2D eigenvalue weighted by molar-refractivity contribution is -0.137. The number of aliphatic carboxylic acids is 1. The van der Waals surface area contributed by atoms with Crippen LogP contribution in [0.4, 0.5) is 5.69 Å². The summed E-state index contributed by atoms with van der Waals surface area (Å²) in [5, 5.41) is 26.4. The van der Waals surface area contributed by atoms with Crippen LogP contribution in [0.3, 0.4) is 0 Å². The lowest BCUT2D eigenvalue weighted by Gasteiger charge is -1.96. The van der Waals surface area contributed by atoms with E-state index >= 15 is 0 Å². The van der Waals surface area contributed by atoms with Gasteiger partial charge < -0.3 is 21.1 Å². The molecule has 0 fully saturated rings. The summed E-state index contributed by atoms with van der Waals surface area (Å²) in [6.07, 6.45) is 0. The molecule has 0 aromatic carbocycles. The van der Waals surface area contributed by atoms with Gasteiger partial charge in [0.2, 0.25) is 11.6 Å². The number of anilines is 1. The number of aromatic hydroxyl groups is 1. The first kappa shape index (κ1) is 13.2. The molecule has 0 amide bonds. The highest BCUT2D eigenvalue weighted by molar-refractivity contribution is 5.85. The number of aromatic nitrogens is 2. The summed E-state index contributed by atoms with van der Waals surface area (Å²) in [6.45, 7) is -1.10. The lowest BCUT2D eigenvalue weighted by Crippen LogP contribution is -2.36. The van der Waals surface area contributed by atoms with Gasteiger partial charge >= 0.3 is 11.9 Å². The molecule has 1 aromatic rings. The quantitative estimate of drug-likeness (QED) is 0.463. The van der Waals surface area contributed by atoms with Crippen LogP contribution in [0.5, 0.6) is 5.88 Å². The Labute approximate surface area is 97.6 Å². The van der Waals surface area contributed by atoms with E-state index in [2.05, 4.69) is 4.98 Å². The Kier molecular flexibility index (Phi) is 3.31. The predicted octanol–water partition coefficient (Wildman–Crippen LogP) is -2.33. The third kappa shape index (κ3) is 2.26. The number of nitrogen functional groups attached to an aromatic ring is 1. The largest absolute Gasteiger partial charge is 0.492 e. The highest BCUT2D eigenvalue weighted by atomic mass is 16.4.